The van der Waals surface area contributed by atoms with Crippen molar-refractivity contribution < 1.29 is 44.1 Å². The number of carbonyl (C=O) groups is 4. The lowest BCUT2D eigenvalue weighted by Crippen LogP contribution is -2.41. The van der Waals surface area contributed by atoms with E-state index in [1.807, 2.05) is 60.7 Å². The van der Waals surface area contributed by atoms with Crippen LogP contribution in [0.4, 0.5) is 10.5 Å². The van der Waals surface area contributed by atoms with Gasteiger partial charge >= 0.3 is 24.0 Å². The first-order valence-corrected chi connectivity index (χ1v) is 18.2. The number of anilines is 1. The third kappa shape index (κ3) is 24.4. The number of amides is 1. The number of carbonyl (C=O) groups excluding carboxylic acids is 1. The number of hydrogen-bond acceptors (Lipinski definition) is 12. The van der Waals surface area contributed by atoms with Gasteiger partial charge in [0.15, 0.2) is 17.9 Å². The van der Waals surface area contributed by atoms with Crippen LogP contribution in [0, 0.1) is 5.92 Å². The largest absolute Gasteiger partial charge is 0.480 e. The molecule has 22 nitrogen and oxygen atoms in total. The first kappa shape index (κ1) is 50.1. The molecule has 0 saturated heterocycles. The van der Waals surface area contributed by atoms with Crippen molar-refractivity contribution in [1.82, 2.24) is 5.32 Å². The molecule has 0 radical (unpaired) electrons. The molecule has 0 saturated carbocycles. The first-order valence-electron chi connectivity index (χ1n) is 18.2. The number of carboxylic acid groups (broad SMARTS) is 3. The molecule has 22 heteroatoms. The zero-order chi connectivity index (χ0) is 44.2. The van der Waals surface area contributed by atoms with Gasteiger partial charge < -0.3 is 71.2 Å². The van der Waals surface area contributed by atoms with E-state index in [9.17, 15) is 19.2 Å². The Morgan fingerprint density at radius 3 is 1.78 bits per heavy atom. The number of guanidine groups is 3. The SMILES string of the molecule is NC(N)=NCC(CONc1ccc2ccccc2c1)C[C@H](N)C(=O)O.NC(N)=NCCC[C@H](N)C(=O)O.NC(N)=NCCC[C@H](NC(=O)OCc1ccccc1)C(=O)O. The minimum atomic E-state index is -1.14. The number of hydrogen-bond donors (Lipinski definition) is 13. The topological polar surface area (TPSA) is 417 Å². The summed E-state index contributed by atoms with van der Waals surface area (Å²) in [5.74, 6) is -3.54. The number of nitrogens with one attached hydrogen (secondary N) is 2. The van der Waals surface area contributed by atoms with Crippen LogP contribution >= 0.6 is 0 Å². The van der Waals surface area contributed by atoms with Crippen LogP contribution in [-0.4, -0.2) is 102 Å². The van der Waals surface area contributed by atoms with Crippen LogP contribution in [0.3, 0.4) is 0 Å². The lowest BCUT2D eigenvalue weighted by molar-refractivity contribution is -0.140. The number of nitrogens with zero attached hydrogens (tertiary/aromatic N) is 3. The maximum Gasteiger partial charge on any atom is 0.408 e. The van der Waals surface area contributed by atoms with E-state index in [0.29, 0.717) is 32.4 Å². The van der Waals surface area contributed by atoms with E-state index >= 15 is 0 Å². The molecule has 21 N–H and O–H groups in total. The summed E-state index contributed by atoms with van der Waals surface area (Å²) < 4.78 is 4.97. The second-order valence-electron chi connectivity index (χ2n) is 12.7. The van der Waals surface area contributed by atoms with Crippen LogP contribution in [0.15, 0.2) is 87.8 Å². The first-order chi connectivity index (χ1) is 28.0. The smallest absolute Gasteiger partial charge is 0.408 e. The number of benzene rings is 3. The summed E-state index contributed by atoms with van der Waals surface area (Å²) in [5, 5.41) is 30.9. The number of ether oxygens (including phenoxy) is 1. The van der Waals surface area contributed by atoms with Gasteiger partial charge in [0, 0.05) is 25.6 Å². The number of fused-ring (bicyclic) bond motifs is 1. The predicted molar refractivity (Wildman–Crippen MR) is 225 cm³/mol. The summed E-state index contributed by atoms with van der Waals surface area (Å²) >= 11 is 0. The molecule has 0 aliphatic carbocycles. The highest BCUT2D eigenvalue weighted by molar-refractivity contribution is 5.85. The Morgan fingerprint density at radius 1 is 0.661 bits per heavy atom. The fraction of sp³-hybridized carbons (Fsp3) is 0.378. The Morgan fingerprint density at radius 2 is 1.22 bits per heavy atom. The molecule has 1 unspecified atom stereocenters. The molecule has 3 aromatic carbocycles. The molecule has 0 aliphatic heterocycles. The van der Waals surface area contributed by atoms with E-state index in [0.717, 1.165) is 22.0 Å². The lowest BCUT2D eigenvalue weighted by atomic mass is 10.0. The summed E-state index contributed by atoms with van der Waals surface area (Å²) in [4.78, 5) is 60.7. The van der Waals surface area contributed by atoms with Gasteiger partial charge in [-0.1, -0.05) is 60.7 Å². The quantitative estimate of drug-likeness (QED) is 0.0269. The molecule has 0 aliphatic rings. The van der Waals surface area contributed by atoms with Crippen molar-refractivity contribution in [3.63, 3.8) is 0 Å². The molecule has 4 atom stereocenters. The maximum atomic E-state index is 11.6. The van der Waals surface area contributed by atoms with Crippen LogP contribution in [0.2, 0.25) is 0 Å². The number of carboxylic acids is 3. The summed E-state index contributed by atoms with van der Waals surface area (Å²) in [5.41, 5.74) is 46.4. The molecule has 0 heterocycles. The van der Waals surface area contributed by atoms with E-state index in [1.54, 1.807) is 12.1 Å². The van der Waals surface area contributed by atoms with E-state index in [2.05, 4.69) is 25.8 Å². The second kappa shape index (κ2) is 28.5. The average molecular weight is 828 g/mol. The minimum Gasteiger partial charge on any atom is -0.480 e. The number of alkyl carbamates (subject to hydrolysis) is 1. The molecule has 0 fully saturated rings. The number of aliphatic imine (C=N–C) groups is 3. The Bertz CT molecular complexity index is 1820. The third-order valence-corrected chi connectivity index (χ3v) is 7.73. The number of nitrogens with two attached hydrogens (primary N) is 8. The van der Waals surface area contributed by atoms with Crippen LogP contribution in [0.5, 0.6) is 0 Å². The van der Waals surface area contributed by atoms with Gasteiger partial charge in [0.2, 0.25) is 0 Å². The molecule has 3 aromatic rings. The molecule has 0 bridgehead atoms. The van der Waals surface area contributed by atoms with E-state index in [-0.39, 0.29) is 56.4 Å². The highest BCUT2D eigenvalue weighted by Gasteiger charge is 2.21. The molecular formula is C37H57N13O9. The monoisotopic (exact) mass is 827 g/mol. The van der Waals surface area contributed by atoms with Crippen LogP contribution < -0.4 is 56.7 Å². The van der Waals surface area contributed by atoms with Gasteiger partial charge in [0.05, 0.1) is 12.3 Å². The van der Waals surface area contributed by atoms with Gasteiger partial charge in [0.1, 0.15) is 24.7 Å². The van der Waals surface area contributed by atoms with Gasteiger partial charge in [-0.05, 0) is 60.6 Å². The van der Waals surface area contributed by atoms with Crippen molar-refractivity contribution in [3.8, 4) is 0 Å². The lowest BCUT2D eigenvalue weighted by Gasteiger charge is -2.18. The standard InChI is InChI=1S/C17H23N5O3.C14H20N4O4.C6H14N4O2/c18-15(16(23)24)7-11(9-21-17(19)20)10-25-22-14-6-5-12-3-1-2-4-13(12)8-14;15-13(16)17-8-4-7-11(12(19)20)18-14(21)22-9-10-5-2-1-3-6-10;7-4(5(11)12)2-1-3-10-6(8)9/h1-6,8,11,15,22H,7,9-10,18H2,(H,23,24)(H4,19,20,21);1-3,5-6,11H,4,7-9H2,(H,18,21)(H,19,20)(H4,15,16,17);4H,1-3,7H2,(H,11,12)(H4,8,9,10)/t11?,15-;11-;4-/m000/s1. The zero-order valence-corrected chi connectivity index (χ0v) is 32.6. The summed E-state index contributed by atoms with van der Waals surface area (Å²) in [6.07, 6.45) is 1.00. The molecule has 1 amide bonds. The highest BCUT2D eigenvalue weighted by Crippen LogP contribution is 2.19. The molecule has 59 heavy (non-hydrogen) atoms. The van der Waals surface area contributed by atoms with Crippen LogP contribution in [0.1, 0.15) is 37.7 Å². The summed E-state index contributed by atoms with van der Waals surface area (Å²) in [6.45, 7) is 1.25. The number of aliphatic carboxylic acids is 3. The van der Waals surface area contributed by atoms with E-state index in [4.69, 9.17) is 70.8 Å². The van der Waals surface area contributed by atoms with E-state index < -0.39 is 42.1 Å². The number of rotatable bonds is 22. The molecule has 0 spiro atoms. The van der Waals surface area contributed by atoms with Crippen molar-refractivity contribution in [2.24, 2.45) is 66.8 Å². The van der Waals surface area contributed by atoms with Crippen molar-refractivity contribution in [2.75, 3.05) is 31.7 Å². The van der Waals surface area contributed by atoms with Crippen LogP contribution in [-0.2, 0) is 30.6 Å². The zero-order valence-electron chi connectivity index (χ0n) is 32.6. The van der Waals surface area contributed by atoms with E-state index in [1.165, 1.54) is 0 Å². The minimum absolute atomic E-state index is 0.0129. The highest BCUT2D eigenvalue weighted by atomic mass is 16.6. The molecular weight excluding hydrogens is 770 g/mol. The van der Waals surface area contributed by atoms with Gasteiger partial charge in [-0.15, -0.1) is 0 Å². The Hall–Kier alpha value is -6.91. The average Bonchev–Trinajstić information content (AvgIpc) is 3.19. The maximum absolute atomic E-state index is 11.6. The summed E-state index contributed by atoms with van der Waals surface area (Å²) in [7, 11) is 0. The van der Waals surface area contributed by atoms with Crippen LogP contribution in [0.25, 0.3) is 10.8 Å². The molecule has 3 rings (SSSR count). The Balaban J connectivity index is 0.000000470. The predicted octanol–water partition coefficient (Wildman–Crippen LogP) is -0.254. The fourth-order valence-corrected chi connectivity index (χ4v) is 4.70. The van der Waals surface area contributed by atoms with Gasteiger partial charge in [-0.2, -0.15) is 0 Å². The van der Waals surface area contributed by atoms with Gasteiger partial charge in [0.25, 0.3) is 0 Å². The normalized spacial score (nSPS) is 12.2. The fourth-order valence-electron chi connectivity index (χ4n) is 4.70. The molecule has 0 aromatic heterocycles. The molecule has 324 valence electrons. The Labute approximate surface area is 341 Å². The summed E-state index contributed by atoms with van der Waals surface area (Å²) in [6, 6.07) is 20.1. The third-order valence-electron chi connectivity index (χ3n) is 7.73. The second-order valence-corrected chi connectivity index (χ2v) is 12.7. The van der Waals surface area contributed by atoms with Gasteiger partial charge in [-0.3, -0.25) is 34.9 Å². The van der Waals surface area contributed by atoms with Crippen molar-refractivity contribution in [3.05, 3.63) is 78.4 Å². The Kier molecular flexibility index (Phi) is 24.2. The van der Waals surface area contributed by atoms with Crippen molar-refractivity contribution in [1.29, 1.82) is 0 Å². The van der Waals surface area contributed by atoms with Gasteiger partial charge in [-0.25, -0.2) is 9.59 Å². The van der Waals surface area contributed by atoms with Crippen molar-refractivity contribution >= 4 is 58.3 Å². The van der Waals surface area contributed by atoms with Crippen molar-refractivity contribution in [2.45, 2.75) is 56.8 Å².